The summed E-state index contributed by atoms with van der Waals surface area (Å²) in [4.78, 5) is 12.3. The highest BCUT2D eigenvalue weighted by Crippen LogP contribution is 2.29. The molecule has 2 N–H and O–H groups in total. The lowest BCUT2D eigenvalue weighted by molar-refractivity contribution is -0.130. The van der Waals surface area contributed by atoms with Crippen LogP contribution in [0.1, 0.15) is 23.6 Å². The Hall–Kier alpha value is -3.79. The van der Waals surface area contributed by atoms with Crippen LogP contribution in [-0.4, -0.2) is 16.2 Å². The van der Waals surface area contributed by atoms with Crippen molar-refractivity contribution in [1.29, 1.82) is 0 Å². The predicted molar refractivity (Wildman–Crippen MR) is 111 cm³/mol. The van der Waals surface area contributed by atoms with Gasteiger partial charge < -0.3 is 14.9 Å². The van der Waals surface area contributed by atoms with Gasteiger partial charge in [0, 0.05) is 11.1 Å². The number of esters is 1. The highest BCUT2D eigenvalue weighted by Gasteiger charge is 2.12. The van der Waals surface area contributed by atoms with Crippen molar-refractivity contribution >= 4 is 24.2 Å². The van der Waals surface area contributed by atoms with Gasteiger partial charge >= 0.3 is 5.97 Å². The zero-order valence-corrected chi connectivity index (χ0v) is 15.4. The van der Waals surface area contributed by atoms with Crippen LogP contribution in [0.25, 0.3) is 18.2 Å². The van der Waals surface area contributed by atoms with Crippen molar-refractivity contribution < 1.29 is 19.7 Å². The van der Waals surface area contributed by atoms with Gasteiger partial charge in [-0.3, -0.25) is 0 Å². The van der Waals surface area contributed by atoms with Crippen molar-refractivity contribution in [3.8, 4) is 17.2 Å². The summed E-state index contributed by atoms with van der Waals surface area (Å²) in [6, 6.07) is 21.3. The van der Waals surface area contributed by atoms with Crippen LogP contribution in [-0.2, 0) is 4.79 Å². The lowest BCUT2D eigenvalue weighted by Crippen LogP contribution is -2.09. The van der Waals surface area contributed by atoms with Crippen molar-refractivity contribution in [2.45, 2.75) is 6.92 Å². The summed E-state index contributed by atoms with van der Waals surface area (Å²) in [7, 11) is 0. The third-order valence-electron chi connectivity index (χ3n) is 4.08. The summed E-state index contributed by atoms with van der Waals surface area (Å²) in [6.45, 7) is 1.59. The lowest BCUT2D eigenvalue weighted by Gasteiger charge is -2.08. The van der Waals surface area contributed by atoms with Gasteiger partial charge in [0.25, 0.3) is 0 Å². The third kappa shape index (κ3) is 4.89. The van der Waals surface area contributed by atoms with Crippen LogP contribution < -0.4 is 4.74 Å². The molecule has 0 aliphatic heterocycles. The van der Waals surface area contributed by atoms with Gasteiger partial charge in [0.1, 0.15) is 5.75 Å². The number of ether oxygens (including phenoxy) is 1. The van der Waals surface area contributed by atoms with Crippen LogP contribution in [0, 0.1) is 0 Å². The number of carbonyl (C=O) groups is 1. The molecule has 0 saturated carbocycles. The Bertz CT molecular complexity index is 1030. The van der Waals surface area contributed by atoms with E-state index in [0.717, 1.165) is 11.1 Å². The Labute approximate surface area is 163 Å². The van der Waals surface area contributed by atoms with E-state index < -0.39 is 5.97 Å². The standard InChI is InChI=1S/C24H20O4/c1-17(15-20-9-5-6-10-21(20)25)24(27)28-23-14-13-19(16-22(23)26)12-11-18-7-3-2-4-8-18/h2-16,25-26H,1H3. The van der Waals surface area contributed by atoms with Crippen molar-refractivity contribution in [3.05, 3.63) is 95.1 Å². The molecule has 4 heteroatoms. The maximum Gasteiger partial charge on any atom is 0.339 e. The molecule has 0 radical (unpaired) electrons. The normalized spacial score (nSPS) is 11.5. The number of benzene rings is 3. The predicted octanol–water partition coefficient (Wildman–Crippen LogP) is 5.28. The molecule has 28 heavy (non-hydrogen) atoms. The number of phenolic OH excluding ortho intramolecular Hbond substituents is 2. The summed E-state index contributed by atoms with van der Waals surface area (Å²) in [5, 5.41) is 20.0. The summed E-state index contributed by atoms with van der Waals surface area (Å²) in [6.07, 6.45) is 5.33. The topological polar surface area (TPSA) is 66.8 Å². The zero-order valence-electron chi connectivity index (χ0n) is 15.4. The van der Waals surface area contributed by atoms with Crippen LogP contribution in [0.3, 0.4) is 0 Å². The van der Waals surface area contributed by atoms with E-state index >= 15 is 0 Å². The van der Waals surface area contributed by atoms with Crippen molar-refractivity contribution in [2.24, 2.45) is 0 Å². The molecule has 4 nitrogen and oxygen atoms in total. The average molecular weight is 372 g/mol. The summed E-state index contributed by atoms with van der Waals surface area (Å²) in [5.41, 5.74) is 2.64. The molecule has 0 unspecified atom stereocenters. The number of hydrogen-bond donors (Lipinski definition) is 2. The molecule has 0 atom stereocenters. The molecule has 0 spiro atoms. The Morgan fingerprint density at radius 1 is 0.821 bits per heavy atom. The molecule has 0 fully saturated rings. The van der Waals surface area contributed by atoms with Gasteiger partial charge in [-0.2, -0.15) is 0 Å². The van der Waals surface area contributed by atoms with E-state index in [1.54, 1.807) is 37.3 Å². The quantitative estimate of drug-likeness (QED) is 0.277. The molecule has 3 rings (SSSR count). The minimum atomic E-state index is -0.605. The number of rotatable bonds is 5. The van der Waals surface area contributed by atoms with Gasteiger partial charge in [0.2, 0.25) is 0 Å². The zero-order chi connectivity index (χ0) is 19.9. The first-order chi connectivity index (χ1) is 13.5. The van der Waals surface area contributed by atoms with E-state index in [2.05, 4.69) is 0 Å². The van der Waals surface area contributed by atoms with Gasteiger partial charge in [0.15, 0.2) is 11.5 Å². The Morgan fingerprint density at radius 3 is 2.21 bits per heavy atom. The van der Waals surface area contributed by atoms with Gasteiger partial charge in [-0.05, 0) is 42.3 Å². The molecular formula is C24H20O4. The molecule has 0 aromatic heterocycles. The molecule has 0 saturated heterocycles. The summed E-state index contributed by atoms with van der Waals surface area (Å²) < 4.78 is 5.27. The van der Waals surface area contributed by atoms with Crippen LogP contribution in [0.15, 0.2) is 78.4 Å². The van der Waals surface area contributed by atoms with Gasteiger partial charge in [0.05, 0.1) is 0 Å². The van der Waals surface area contributed by atoms with Gasteiger partial charge in [-0.15, -0.1) is 0 Å². The third-order valence-corrected chi connectivity index (χ3v) is 4.08. The fraction of sp³-hybridized carbons (Fsp3) is 0.0417. The highest BCUT2D eigenvalue weighted by molar-refractivity contribution is 5.95. The van der Waals surface area contributed by atoms with Crippen LogP contribution in [0.5, 0.6) is 17.2 Å². The fourth-order valence-electron chi connectivity index (χ4n) is 2.56. The molecular weight excluding hydrogens is 352 g/mol. The fourth-order valence-corrected chi connectivity index (χ4v) is 2.56. The monoisotopic (exact) mass is 372 g/mol. The minimum absolute atomic E-state index is 0.0758. The second-order valence-electron chi connectivity index (χ2n) is 6.25. The highest BCUT2D eigenvalue weighted by atomic mass is 16.5. The first-order valence-electron chi connectivity index (χ1n) is 8.77. The minimum Gasteiger partial charge on any atom is -0.507 e. The van der Waals surface area contributed by atoms with E-state index in [9.17, 15) is 15.0 Å². The molecule has 0 bridgehead atoms. The maximum atomic E-state index is 12.3. The molecule has 0 aliphatic rings. The number of carbonyl (C=O) groups excluding carboxylic acids is 1. The first-order valence-corrected chi connectivity index (χ1v) is 8.77. The summed E-state index contributed by atoms with van der Waals surface area (Å²) in [5.74, 6) is -0.580. The molecule has 0 heterocycles. The van der Waals surface area contributed by atoms with Crippen molar-refractivity contribution in [1.82, 2.24) is 0 Å². The first kappa shape index (κ1) is 19.0. The van der Waals surface area contributed by atoms with Crippen LogP contribution in [0.2, 0.25) is 0 Å². The molecule has 0 aliphatic carbocycles. The maximum absolute atomic E-state index is 12.3. The average Bonchev–Trinajstić information content (AvgIpc) is 2.70. The van der Waals surface area contributed by atoms with Crippen LogP contribution >= 0.6 is 0 Å². The summed E-state index contributed by atoms with van der Waals surface area (Å²) >= 11 is 0. The van der Waals surface area contributed by atoms with Crippen molar-refractivity contribution in [3.63, 3.8) is 0 Å². The van der Waals surface area contributed by atoms with E-state index in [0.29, 0.717) is 11.1 Å². The number of hydrogen-bond acceptors (Lipinski definition) is 4. The van der Waals surface area contributed by atoms with Gasteiger partial charge in [-0.25, -0.2) is 4.79 Å². The largest absolute Gasteiger partial charge is 0.507 e. The number of aromatic hydroxyl groups is 2. The van der Waals surface area contributed by atoms with E-state index in [1.165, 1.54) is 18.2 Å². The molecule has 0 amide bonds. The van der Waals surface area contributed by atoms with E-state index in [4.69, 9.17) is 4.74 Å². The van der Waals surface area contributed by atoms with E-state index in [1.807, 2.05) is 42.5 Å². The Morgan fingerprint density at radius 2 is 1.50 bits per heavy atom. The van der Waals surface area contributed by atoms with E-state index in [-0.39, 0.29) is 17.2 Å². The Kier molecular flexibility index (Phi) is 5.92. The number of para-hydroxylation sites is 1. The lowest BCUT2D eigenvalue weighted by atomic mass is 10.1. The molecule has 3 aromatic rings. The second-order valence-corrected chi connectivity index (χ2v) is 6.25. The van der Waals surface area contributed by atoms with Crippen LogP contribution in [0.4, 0.5) is 0 Å². The second kappa shape index (κ2) is 8.73. The smallest absolute Gasteiger partial charge is 0.339 e. The Balaban J connectivity index is 1.71. The molecule has 3 aromatic carbocycles. The SMILES string of the molecule is CC(=Cc1ccccc1O)C(=O)Oc1ccc(C=Cc2ccccc2)cc1O. The van der Waals surface area contributed by atoms with Gasteiger partial charge in [-0.1, -0.05) is 66.7 Å². The van der Waals surface area contributed by atoms with Crippen molar-refractivity contribution in [2.75, 3.05) is 0 Å². The number of phenols is 2. The molecule has 140 valence electrons.